The van der Waals surface area contributed by atoms with E-state index in [-0.39, 0.29) is 10.6 Å². The molecule has 0 spiro atoms. The molecule has 0 aliphatic carbocycles. The lowest BCUT2D eigenvalue weighted by Crippen LogP contribution is -2.36. The molecule has 6 heteroatoms. The predicted molar refractivity (Wildman–Crippen MR) is 107 cm³/mol. The van der Waals surface area contributed by atoms with Crippen molar-refractivity contribution in [3.8, 4) is 0 Å². The number of nitrogens with zero attached hydrogens (tertiary/aromatic N) is 2. The van der Waals surface area contributed by atoms with Crippen LogP contribution in [0.4, 0.5) is 17.1 Å². The van der Waals surface area contributed by atoms with Crippen LogP contribution in [-0.2, 0) is 11.3 Å². The van der Waals surface area contributed by atoms with Crippen molar-refractivity contribution in [1.29, 1.82) is 0 Å². The van der Waals surface area contributed by atoms with Gasteiger partial charge in [0, 0.05) is 31.4 Å². The second-order valence-electron chi connectivity index (χ2n) is 6.60. The van der Waals surface area contributed by atoms with E-state index in [0.717, 1.165) is 16.6 Å². The Labute approximate surface area is 157 Å². The molecule has 4 rings (SSSR count). The van der Waals surface area contributed by atoms with Crippen molar-refractivity contribution in [2.45, 2.75) is 6.54 Å². The lowest BCUT2D eigenvalue weighted by atomic mass is 10.1. The van der Waals surface area contributed by atoms with E-state index in [1.807, 2.05) is 35.2 Å². The van der Waals surface area contributed by atoms with Gasteiger partial charge in [-0.25, -0.2) is 0 Å². The van der Waals surface area contributed by atoms with Gasteiger partial charge in [0.05, 0.1) is 18.1 Å². The number of fused-ring (bicyclic) bond motifs is 1. The molecule has 0 atom stereocenters. The molecule has 0 unspecified atom stereocenters. The maximum absolute atomic E-state index is 11.6. The van der Waals surface area contributed by atoms with Crippen LogP contribution < -0.4 is 10.2 Å². The number of anilines is 2. The van der Waals surface area contributed by atoms with Crippen molar-refractivity contribution >= 4 is 27.8 Å². The molecular formula is C21H21N3O3. The monoisotopic (exact) mass is 363 g/mol. The molecule has 3 aromatic rings. The summed E-state index contributed by atoms with van der Waals surface area (Å²) in [7, 11) is 0. The molecule has 0 bridgehead atoms. The van der Waals surface area contributed by atoms with Gasteiger partial charge >= 0.3 is 0 Å². The third-order valence-electron chi connectivity index (χ3n) is 4.83. The Balaban J connectivity index is 1.52. The molecule has 6 nitrogen and oxygen atoms in total. The SMILES string of the molecule is O=[N+]([O-])c1cc(CNc2ccc3ccccc3c2)ccc1N1CCOCC1. The fourth-order valence-corrected chi connectivity index (χ4v) is 3.40. The van der Waals surface area contributed by atoms with Crippen molar-refractivity contribution < 1.29 is 9.66 Å². The molecule has 3 aromatic carbocycles. The Morgan fingerprint density at radius 2 is 1.78 bits per heavy atom. The molecule has 1 fully saturated rings. The summed E-state index contributed by atoms with van der Waals surface area (Å²) in [5.74, 6) is 0. The quantitative estimate of drug-likeness (QED) is 0.544. The highest BCUT2D eigenvalue weighted by Gasteiger charge is 2.21. The molecule has 0 amide bonds. The zero-order valence-electron chi connectivity index (χ0n) is 14.9. The van der Waals surface area contributed by atoms with E-state index in [2.05, 4.69) is 29.6 Å². The highest BCUT2D eigenvalue weighted by atomic mass is 16.6. The molecule has 0 saturated carbocycles. The average molecular weight is 363 g/mol. The largest absolute Gasteiger partial charge is 0.381 e. The summed E-state index contributed by atoms with van der Waals surface area (Å²) in [6, 6.07) is 19.8. The number of nitro groups is 1. The topological polar surface area (TPSA) is 67.6 Å². The van der Waals surface area contributed by atoms with Crippen molar-refractivity contribution in [3.63, 3.8) is 0 Å². The maximum Gasteiger partial charge on any atom is 0.292 e. The van der Waals surface area contributed by atoms with Crippen LogP contribution in [0.5, 0.6) is 0 Å². The number of morpholine rings is 1. The van der Waals surface area contributed by atoms with Gasteiger partial charge in [0.15, 0.2) is 0 Å². The average Bonchev–Trinajstić information content (AvgIpc) is 2.72. The summed E-state index contributed by atoms with van der Waals surface area (Å²) in [6.45, 7) is 3.08. The van der Waals surface area contributed by atoms with Gasteiger partial charge in [0.25, 0.3) is 5.69 Å². The highest BCUT2D eigenvalue weighted by Crippen LogP contribution is 2.30. The standard InChI is InChI=1S/C21H21N3O3/c25-24(26)21-13-16(5-8-20(21)23-9-11-27-12-10-23)15-22-19-7-6-17-3-1-2-4-18(17)14-19/h1-8,13-14,22H,9-12,15H2. The van der Waals surface area contributed by atoms with Gasteiger partial charge in [-0.1, -0.05) is 36.4 Å². The van der Waals surface area contributed by atoms with Gasteiger partial charge in [-0.15, -0.1) is 0 Å². The van der Waals surface area contributed by atoms with Crippen molar-refractivity contribution in [2.24, 2.45) is 0 Å². The molecule has 1 saturated heterocycles. The first-order valence-electron chi connectivity index (χ1n) is 9.03. The summed E-state index contributed by atoms with van der Waals surface area (Å²) in [5.41, 5.74) is 2.69. The lowest BCUT2D eigenvalue weighted by molar-refractivity contribution is -0.384. The Morgan fingerprint density at radius 1 is 1.00 bits per heavy atom. The number of hydrogen-bond donors (Lipinski definition) is 1. The first-order valence-corrected chi connectivity index (χ1v) is 9.03. The minimum Gasteiger partial charge on any atom is -0.381 e. The summed E-state index contributed by atoms with van der Waals surface area (Å²) >= 11 is 0. The Kier molecular flexibility index (Phi) is 4.89. The first kappa shape index (κ1) is 17.3. The van der Waals surface area contributed by atoms with Crippen molar-refractivity contribution in [2.75, 3.05) is 36.5 Å². The Bertz CT molecular complexity index is 968. The highest BCUT2D eigenvalue weighted by molar-refractivity contribution is 5.85. The second-order valence-corrected chi connectivity index (χ2v) is 6.60. The van der Waals surface area contributed by atoms with E-state index in [9.17, 15) is 10.1 Å². The van der Waals surface area contributed by atoms with Crippen LogP contribution in [-0.4, -0.2) is 31.2 Å². The number of rotatable bonds is 5. The fourth-order valence-electron chi connectivity index (χ4n) is 3.40. The molecular weight excluding hydrogens is 342 g/mol. The van der Waals surface area contributed by atoms with E-state index in [1.54, 1.807) is 6.07 Å². The predicted octanol–water partition coefficient (Wildman–Crippen LogP) is 4.20. The lowest BCUT2D eigenvalue weighted by Gasteiger charge is -2.28. The molecule has 0 radical (unpaired) electrons. The van der Waals surface area contributed by atoms with Gasteiger partial charge < -0.3 is 15.0 Å². The van der Waals surface area contributed by atoms with E-state index in [0.29, 0.717) is 38.5 Å². The third kappa shape index (κ3) is 3.85. The molecule has 1 N–H and O–H groups in total. The molecule has 138 valence electrons. The summed E-state index contributed by atoms with van der Waals surface area (Å²) < 4.78 is 5.34. The van der Waals surface area contributed by atoms with Crippen LogP contribution in [0.1, 0.15) is 5.56 Å². The Hall–Kier alpha value is -3.12. The second kappa shape index (κ2) is 7.63. The summed E-state index contributed by atoms with van der Waals surface area (Å²) in [4.78, 5) is 13.3. The van der Waals surface area contributed by atoms with Crippen LogP contribution in [0.2, 0.25) is 0 Å². The molecule has 0 aromatic heterocycles. The van der Waals surface area contributed by atoms with Gasteiger partial charge in [-0.05, 0) is 34.5 Å². The summed E-state index contributed by atoms with van der Waals surface area (Å²) in [6.07, 6.45) is 0. The zero-order chi connectivity index (χ0) is 18.6. The zero-order valence-corrected chi connectivity index (χ0v) is 14.9. The molecule has 1 aliphatic heterocycles. The molecule has 1 aliphatic rings. The van der Waals surface area contributed by atoms with Crippen molar-refractivity contribution in [3.05, 3.63) is 76.3 Å². The summed E-state index contributed by atoms with van der Waals surface area (Å²) in [5, 5.41) is 17.3. The van der Waals surface area contributed by atoms with Crippen LogP contribution in [0, 0.1) is 10.1 Å². The van der Waals surface area contributed by atoms with Gasteiger partial charge in [-0.2, -0.15) is 0 Å². The number of nitro benzene ring substituents is 1. The van der Waals surface area contributed by atoms with Crippen LogP contribution >= 0.6 is 0 Å². The third-order valence-corrected chi connectivity index (χ3v) is 4.83. The van der Waals surface area contributed by atoms with Gasteiger partial charge in [-0.3, -0.25) is 10.1 Å². The number of ether oxygens (including phenoxy) is 1. The minimum atomic E-state index is -0.301. The number of benzene rings is 3. The normalized spacial score (nSPS) is 14.3. The molecule has 1 heterocycles. The molecule has 27 heavy (non-hydrogen) atoms. The Morgan fingerprint density at radius 3 is 2.56 bits per heavy atom. The number of hydrogen-bond acceptors (Lipinski definition) is 5. The van der Waals surface area contributed by atoms with Crippen LogP contribution in [0.25, 0.3) is 10.8 Å². The number of nitrogens with one attached hydrogen (secondary N) is 1. The fraction of sp³-hybridized carbons (Fsp3) is 0.238. The van der Waals surface area contributed by atoms with Gasteiger partial charge in [0.2, 0.25) is 0 Å². The first-order chi connectivity index (χ1) is 13.2. The van der Waals surface area contributed by atoms with E-state index in [1.165, 1.54) is 5.39 Å². The minimum absolute atomic E-state index is 0.148. The smallest absolute Gasteiger partial charge is 0.292 e. The van der Waals surface area contributed by atoms with E-state index < -0.39 is 0 Å². The van der Waals surface area contributed by atoms with Crippen LogP contribution in [0.3, 0.4) is 0 Å². The van der Waals surface area contributed by atoms with E-state index >= 15 is 0 Å². The van der Waals surface area contributed by atoms with Crippen molar-refractivity contribution in [1.82, 2.24) is 0 Å². The maximum atomic E-state index is 11.6. The van der Waals surface area contributed by atoms with Gasteiger partial charge in [0.1, 0.15) is 5.69 Å². The van der Waals surface area contributed by atoms with E-state index in [4.69, 9.17) is 4.74 Å². The van der Waals surface area contributed by atoms with Crippen LogP contribution in [0.15, 0.2) is 60.7 Å².